The van der Waals surface area contributed by atoms with Crippen LogP contribution in [0.15, 0.2) is 18.3 Å². The Morgan fingerprint density at radius 3 is 2.46 bits per heavy atom. The number of nitrogens with zero attached hydrogens (tertiary/aromatic N) is 5. The Kier molecular flexibility index (Phi) is 7.62. The maximum Gasteiger partial charge on any atom is 0.225 e. The van der Waals surface area contributed by atoms with E-state index in [-0.39, 0.29) is 40.8 Å². The molecule has 15 heteroatoms. The molecule has 1 aromatic carbocycles. The number of nitrogens with two attached hydrogens (primary N) is 1. The molecule has 2 fully saturated rings. The van der Waals surface area contributed by atoms with Crippen LogP contribution in [0, 0.1) is 17.6 Å². The van der Waals surface area contributed by atoms with Crippen molar-refractivity contribution in [3.8, 4) is 0 Å². The molecule has 2 aliphatic rings. The zero-order chi connectivity index (χ0) is 27.9. The van der Waals surface area contributed by atoms with E-state index < -0.39 is 27.3 Å². The van der Waals surface area contributed by atoms with Crippen LogP contribution < -0.4 is 16.4 Å². The van der Waals surface area contributed by atoms with E-state index >= 15 is 0 Å². The fraction of sp³-hybridized carbons (Fsp3) is 0.500. The quantitative estimate of drug-likeness (QED) is 0.383. The Bertz CT molecular complexity index is 1490. The molecule has 11 nitrogen and oxygen atoms in total. The summed E-state index contributed by atoms with van der Waals surface area (Å²) in [4.78, 5) is 25.3. The van der Waals surface area contributed by atoms with Crippen molar-refractivity contribution in [3.63, 3.8) is 0 Å². The average molecular weight is 583 g/mol. The molecule has 0 bridgehead atoms. The highest BCUT2D eigenvalue weighted by Crippen LogP contribution is 2.38. The minimum absolute atomic E-state index is 0.0763. The van der Waals surface area contributed by atoms with Gasteiger partial charge in [0.15, 0.2) is 17.3 Å². The van der Waals surface area contributed by atoms with Gasteiger partial charge in [0.05, 0.1) is 12.5 Å². The van der Waals surface area contributed by atoms with Crippen molar-refractivity contribution < 1.29 is 22.0 Å². The van der Waals surface area contributed by atoms with Gasteiger partial charge in [-0.3, -0.25) is 9.36 Å². The van der Waals surface area contributed by atoms with E-state index in [0.29, 0.717) is 56.4 Å². The van der Waals surface area contributed by atoms with Crippen LogP contribution in [0.25, 0.3) is 11.2 Å². The predicted octanol–water partition coefficient (Wildman–Crippen LogP) is 3.55. The van der Waals surface area contributed by atoms with Crippen molar-refractivity contribution in [2.75, 3.05) is 30.0 Å². The largest absolute Gasteiger partial charge is 0.369 e. The first kappa shape index (κ1) is 27.5. The van der Waals surface area contributed by atoms with Crippen LogP contribution in [-0.4, -0.2) is 63.5 Å². The maximum atomic E-state index is 14.6. The fourth-order valence-corrected chi connectivity index (χ4v) is 6.43. The summed E-state index contributed by atoms with van der Waals surface area (Å²) in [7, 11) is -3.33. The van der Waals surface area contributed by atoms with Gasteiger partial charge < -0.3 is 16.4 Å². The van der Waals surface area contributed by atoms with Gasteiger partial charge in [-0.05, 0) is 50.7 Å². The summed E-state index contributed by atoms with van der Waals surface area (Å²) in [6.07, 6.45) is 6.41. The molecule has 1 atom stereocenters. The third-order valence-corrected chi connectivity index (χ3v) is 8.81. The number of primary amides is 1. The van der Waals surface area contributed by atoms with Crippen molar-refractivity contribution in [2.45, 2.75) is 50.6 Å². The number of anilines is 3. The van der Waals surface area contributed by atoms with E-state index in [1.54, 1.807) is 4.57 Å². The van der Waals surface area contributed by atoms with Crippen LogP contribution in [0.2, 0.25) is 5.02 Å². The van der Waals surface area contributed by atoms with Crippen molar-refractivity contribution in [2.24, 2.45) is 11.7 Å². The summed E-state index contributed by atoms with van der Waals surface area (Å²) in [6.45, 7) is 0.753. The molecule has 0 radical (unpaired) electrons. The number of aromatic nitrogens is 4. The lowest BCUT2D eigenvalue weighted by Crippen LogP contribution is -2.44. The topological polar surface area (TPSA) is 148 Å². The number of carbonyl (C=O) groups excluding carboxylic acids is 1. The molecule has 1 saturated heterocycles. The molecule has 210 valence electrons. The van der Waals surface area contributed by atoms with Crippen LogP contribution >= 0.6 is 11.6 Å². The number of sulfonamides is 1. The summed E-state index contributed by atoms with van der Waals surface area (Å²) < 4.78 is 56.5. The van der Waals surface area contributed by atoms with Crippen LogP contribution in [0.3, 0.4) is 0 Å². The van der Waals surface area contributed by atoms with Gasteiger partial charge in [-0.15, -0.1) is 0 Å². The molecule has 1 amide bonds. The summed E-state index contributed by atoms with van der Waals surface area (Å²) in [6, 6.07) is 1.64. The molecule has 2 aromatic heterocycles. The molecule has 1 saturated carbocycles. The zero-order valence-corrected chi connectivity index (χ0v) is 22.8. The van der Waals surface area contributed by atoms with Crippen molar-refractivity contribution >= 4 is 56.3 Å². The van der Waals surface area contributed by atoms with Gasteiger partial charge in [-0.2, -0.15) is 4.98 Å². The molecule has 0 unspecified atom stereocenters. The lowest BCUT2D eigenvalue weighted by Gasteiger charge is -2.31. The van der Waals surface area contributed by atoms with Gasteiger partial charge in [0, 0.05) is 36.1 Å². The Morgan fingerprint density at radius 2 is 1.82 bits per heavy atom. The van der Waals surface area contributed by atoms with Crippen molar-refractivity contribution in [1.29, 1.82) is 0 Å². The van der Waals surface area contributed by atoms with Crippen LogP contribution in [0.4, 0.5) is 26.4 Å². The Balaban J connectivity index is 1.50. The van der Waals surface area contributed by atoms with Gasteiger partial charge in [0.2, 0.25) is 27.8 Å². The molecule has 1 aliphatic carbocycles. The first-order valence-corrected chi connectivity index (χ1v) is 14.9. The molecule has 5 rings (SSSR count). The lowest BCUT2D eigenvalue weighted by molar-refractivity contribution is -0.122. The third-order valence-electron chi connectivity index (χ3n) is 7.33. The number of halogens is 3. The Labute approximate surface area is 229 Å². The van der Waals surface area contributed by atoms with Crippen LogP contribution in [0.1, 0.15) is 44.6 Å². The normalized spacial score (nSPS) is 22.6. The number of hydrogen-bond acceptors (Lipinski definition) is 8. The molecule has 3 aromatic rings. The zero-order valence-electron chi connectivity index (χ0n) is 21.2. The highest BCUT2D eigenvalue weighted by atomic mass is 35.5. The van der Waals surface area contributed by atoms with Gasteiger partial charge in [-0.1, -0.05) is 11.6 Å². The molecule has 1 aliphatic heterocycles. The van der Waals surface area contributed by atoms with E-state index in [4.69, 9.17) is 17.3 Å². The Morgan fingerprint density at radius 1 is 1.13 bits per heavy atom. The van der Waals surface area contributed by atoms with Gasteiger partial charge >= 0.3 is 0 Å². The van der Waals surface area contributed by atoms with Crippen molar-refractivity contribution in [3.05, 3.63) is 35.0 Å². The Hall–Kier alpha value is -3.10. The van der Waals surface area contributed by atoms with E-state index in [0.717, 1.165) is 18.6 Å². The summed E-state index contributed by atoms with van der Waals surface area (Å²) in [5.41, 5.74) is 5.94. The van der Waals surface area contributed by atoms with E-state index in [1.807, 2.05) is 0 Å². The minimum Gasteiger partial charge on any atom is -0.369 e. The highest BCUT2D eigenvalue weighted by Gasteiger charge is 2.30. The number of piperidine rings is 1. The molecular weight excluding hydrogens is 554 g/mol. The number of carbonyl (C=O) groups is 1. The second kappa shape index (κ2) is 10.8. The number of nitrogens with one attached hydrogen (secondary N) is 2. The number of benzene rings is 1. The smallest absolute Gasteiger partial charge is 0.225 e. The predicted molar refractivity (Wildman–Crippen MR) is 143 cm³/mol. The first-order valence-electron chi connectivity index (χ1n) is 12.7. The summed E-state index contributed by atoms with van der Waals surface area (Å²) >= 11 is 5.79. The monoisotopic (exact) mass is 582 g/mol. The number of rotatable bonds is 7. The van der Waals surface area contributed by atoms with Gasteiger partial charge in [0.25, 0.3) is 0 Å². The summed E-state index contributed by atoms with van der Waals surface area (Å²) in [5.74, 6) is -1.90. The SMILES string of the molecule is CS(=O)(=O)N1CCC[C@@H](Nc2ncc3nc(Nc4c(F)cc(Cl)cc4F)n([C@H]4CC[C@H](C(N)=O)CC4)c3n2)C1. The van der Waals surface area contributed by atoms with Gasteiger partial charge in [-0.25, -0.2) is 31.5 Å². The average Bonchev–Trinajstić information content (AvgIpc) is 3.23. The van der Waals surface area contributed by atoms with Crippen LogP contribution in [0.5, 0.6) is 0 Å². The minimum atomic E-state index is -3.33. The molecule has 4 N–H and O–H groups in total. The first-order chi connectivity index (χ1) is 18.5. The van der Waals surface area contributed by atoms with E-state index in [9.17, 15) is 22.0 Å². The molecule has 0 spiro atoms. The lowest BCUT2D eigenvalue weighted by atomic mass is 9.85. The molecule has 39 heavy (non-hydrogen) atoms. The van der Waals surface area contributed by atoms with Crippen molar-refractivity contribution in [1.82, 2.24) is 23.8 Å². The third kappa shape index (κ3) is 5.92. The highest BCUT2D eigenvalue weighted by molar-refractivity contribution is 7.88. The second-order valence-electron chi connectivity index (χ2n) is 10.1. The number of hydrogen-bond donors (Lipinski definition) is 3. The second-order valence-corrected chi connectivity index (χ2v) is 12.5. The van der Waals surface area contributed by atoms with E-state index in [2.05, 4.69) is 25.6 Å². The fourth-order valence-electron chi connectivity index (χ4n) is 5.33. The summed E-state index contributed by atoms with van der Waals surface area (Å²) in [5, 5.41) is 5.92. The van der Waals surface area contributed by atoms with Gasteiger partial charge in [0.1, 0.15) is 11.2 Å². The van der Waals surface area contributed by atoms with E-state index in [1.165, 1.54) is 16.8 Å². The standard InChI is InChI=1S/C24H29ClF2N8O3S/c1-39(37,38)34-8-2-3-15(12-34)30-23-29-11-19-22(33-23)35(16-6-4-13(5-7-16)21(28)36)24(31-19)32-20-17(26)9-14(25)10-18(20)27/h9-11,13,15-16H,2-8,12H2,1H3,(H2,28,36)(H,31,32)(H,29,30,33)/t13-,15-,16-/m1/s1. The molecular formula is C24H29ClF2N8O3S. The number of fused-ring (bicyclic) bond motifs is 1. The number of amides is 1. The maximum absolute atomic E-state index is 14.6. The van der Waals surface area contributed by atoms with Crippen LogP contribution in [-0.2, 0) is 14.8 Å². The molecule has 3 heterocycles. The number of imidazole rings is 1.